The van der Waals surface area contributed by atoms with E-state index >= 15 is 0 Å². The highest BCUT2D eigenvalue weighted by Gasteiger charge is 2.31. The average Bonchev–Trinajstić information content (AvgIpc) is 3.46. The summed E-state index contributed by atoms with van der Waals surface area (Å²) in [6.45, 7) is 12.3. The summed E-state index contributed by atoms with van der Waals surface area (Å²) in [5, 5.41) is 14.0. The van der Waals surface area contributed by atoms with Gasteiger partial charge in [0, 0.05) is 30.6 Å². The molecule has 1 amide bonds. The fourth-order valence-corrected chi connectivity index (χ4v) is 4.98. The van der Waals surface area contributed by atoms with Gasteiger partial charge >= 0.3 is 6.09 Å². The molecule has 3 rings (SSSR count). The van der Waals surface area contributed by atoms with Crippen molar-refractivity contribution in [3.05, 3.63) is 47.1 Å². The molecule has 1 aliphatic heterocycles. The van der Waals surface area contributed by atoms with Gasteiger partial charge in [-0.2, -0.15) is 0 Å². The number of benzene rings is 1. The van der Waals surface area contributed by atoms with Gasteiger partial charge in [0.2, 0.25) is 0 Å². The molecule has 0 saturated carbocycles. The normalized spacial score (nSPS) is 24.2. The Bertz CT molecular complexity index is 876. The van der Waals surface area contributed by atoms with Crippen LogP contribution in [0, 0.1) is 5.92 Å². The zero-order chi connectivity index (χ0) is 24.0. The highest BCUT2D eigenvalue weighted by molar-refractivity contribution is 5.72. The van der Waals surface area contributed by atoms with Gasteiger partial charge in [-0.25, -0.2) is 4.79 Å². The topological polar surface area (TPSA) is 61.6 Å². The quantitative estimate of drug-likeness (QED) is 0.233. The van der Waals surface area contributed by atoms with Gasteiger partial charge in [-0.3, -0.25) is 0 Å². The van der Waals surface area contributed by atoms with Crippen molar-refractivity contribution in [2.24, 2.45) is 5.92 Å². The molecular formula is C28H42N2O3. The third-order valence-electron chi connectivity index (χ3n) is 7.14. The van der Waals surface area contributed by atoms with Crippen molar-refractivity contribution >= 4 is 6.09 Å². The first-order chi connectivity index (χ1) is 15.8. The zero-order valence-electron chi connectivity index (χ0n) is 21.0. The number of unbranched alkanes of at least 4 members (excludes halogenated alkanes) is 2. The van der Waals surface area contributed by atoms with Gasteiger partial charge in [0.05, 0.1) is 0 Å². The lowest BCUT2D eigenvalue weighted by Crippen LogP contribution is -2.29. The Labute approximate surface area is 199 Å². The number of aryl methyl sites for hydroxylation is 1. The molecule has 182 valence electrons. The van der Waals surface area contributed by atoms with Crippen molar-refractivity contribution < 1.29 is 14.6 Å². The number of allylic oxidation sites excluding steroid dienone is 3. The summed E-state index contributed by atoms with van der Waals surface area (Å²) in [5.41, 5.74) is 4.10. The standard InChI is InChI=1S/C28H42N2O3/c1-6-7-8-10-21-16-25(31)27(24-15-20(4)12-13-23(24)19(2)3)26(17-21)33-28(32)29-14-9-11-22-18-30(22)5/h15-17,22-24,31H,2,6-14,18H2,1,3-5H3,(H,29,32)/t22?,23-,24+,30?/m0/s1. The van der Waals surface area contributed by atoms with E-state index in [2.05, 4.69) is 43.8 Å². The highest BCUT2D eigenvalue weighted by Crippen LogP contribution is 2.47. The number of nitrogens with zero attached hydrogens (tertiary/aromatic N) is 1. The van der Waals surface area contributed by atoms with Crippen LogP contribution in [0.15, 0.2) is 35.9 Å². The van der Waals surface area contributed by atoms with Gasteiger partial charge in [0.1, 0.15) is 11.5 Å². The van der Waals surface area contributed by atoms with Crippen LogP contribution in [0.5, 0.6) is 11.5 Å². The molecule has 5 nitrogen and oxygen atoms in total. The van der Waals surface area contributed by atoms with Crippen LogP contribution >= 0.6 is 0 Å². The van der Waals surface area contributed by atoms with Crippen LogP contribution in [0.25, 0.3) is 0 Å². The second kappa shape index (κ2) is 11.7. The van der Waals surface area contributed by atoms with E-state index in [-0.39, 0.29) is 17.6 Å². The predicted molar refractivity (Wildman–Crippen MR) is 135 cm³/mol. The lowest BCUT2D eigenvalue weighted by atomic mass is 9.73. The van der Waals surface area contributed by atoms with E-state index in [4.69, 9.17) is 4.74 Å². The minimum absolute atomic E-state index is 0.0471. The molecule has 2 N–H and O–H groups in total. The molecule has 2 unspecified atom stereocenters. The van der Waals surface area contributed by atoms with Gasteiger partial charge in [-0.15, -0.1) is 0 Å². The Balaban J connectivity index is 1.80. The fourth-order valence-electron chi connectivity index (χ4n) is 4.98. The first-order valence-electron chi connectivity index (χ1n) is 12.6. The maximum absolute atomic E-state index is 12.7. The Morgan fingerprint density at radius 3 is 2.73 bits per heavy atom. The third-order valence-corrected chi connectivity index (χ3v) is 7.14. The van der Waals surface area contributed by atoms with E-state index in [0.717, 1.165) is 69.0 Å². The lowest BCUT2D eigenvalue weighted by molar-refractivity contribution is 0.199. The molecule has 1 heterocycles. The van der Waals surface area contributed by atoms with Gasteiger partial charge < -0.3 is 20.1 Å². The molecule has 0 aromatic heterocycles. The third kappa shape index (κ3) is 7.10. The summed E-state index contributed by atoms with van der Waals surface area (Å²) >= 11 is 0. The number of nitrogens with one attached hydrogen (secondary N) is 1. The van der Waals surface area contributed by atoms with Crippen LogP contribution in [-0.2, 0) is 6.42 Å². The Morgan fingerprint density at radius 1 is 1.30 bits per heavy atom. The molecule has 0 bridgehead atoms. The monoisotopic (exact) mass is 454 g/mol. The Hall–Kier alpha value is -2.27. The molecule has 1 aromatic rings. The number of hydrogen-bond donors (Lipinski definition) is 2. The second-order valence-corrected chi connectivity index (χ2v) is 10.1. The van der Waals surface area contributed by atoms with Crippen molar-refractivity contribution in [3.63, 3.8) is 0 Å². The SMILES string of the molecule is C=C(C)[C@@H]1CCC(C)=C[C@H]1c1c(O)cc(CCCCC)cc1OC(=O)NCCCC1CN1C. The number of phenols is 1. The van der Waals surface area contributed by atoms with E-state index in [9.17, 15) is 9.90 Å². The minimum Gasteiger partial charge on any atom is -0.507 e. The van der Waals surface area contributed by atoms with Gasteiger partial charge in [0.15, 0.2) is 0 Å². The summed E-state index contributed by atoms with van der Waals surface area (Å²) in [5.74, 6) is 0.856. The van der Waals surface area contributed by atoms with Gasteiger partial charge in [0.25, 0.3) is 0 Å². The summed E-state index contributed by atoms with van der Waals surface area (Å²) < 4.78 is 5.85. The number of phenolic OH excluding ortho intramolecular Hbond substituents is 1. The highest BCUT2D eigenvalue weighted by atomic mass is 16.6. The van der Waals surface area contributed by atoms with Gasteiger partial charge in [-0.1, -0.05) is 43.6 Å². The first kappa shape index (κ1) is 25.4. The molecule has 1 saturated heterocycles. The molecule has 0 spiro atoms. The van der Waals surface area contributed by atoms with Crippen LogP contribution < -0.4 is 10.1 Å². The summed E-state index contributed by atoms with van der Waals surface area (Å²) in [6.07, 6.45) is 9.98. The predicted octanol–water partition coefficient (Wildman–Crippen LogP) is 6.32. The minimum atomic E-state index is -0.450. The molecule has 1 aromatic carbocycles. The summed E-state index contributed by atoms with van der Waals surface area (Å²) in [7, 11) is 2.12. The van der Waals surface area contributed by atoms with Crippen molar-refractivity contribution in [1.29, 1.82) is 0 Å². The summed E-state index contributed by atoms with van der Waals surface area (Å²) in [4.78, 5) is 15.0. The molecule has 0 radical (unpaired) electrons. The summed E-state index contributed by atoms with van der Waals surface area (Å²) in [6, 6.07) is 4.47. The van der Waals surface area contributed by atoms with Crippen LogP contribution in [0.3, 0.4) is 0 Å². The maximum Gasteiger partial charge on any atom is 0.412 e. The first-order valence-corrected chi connectivity index (χ1v) is 12.6. The average molecular weight is 455 g/mol. The van der Waals surface area contributed by atoms with Crippen LogP contribution in [0.4, 0.5) is 4.79 Å². The van der Waals surface area contributed by atoms with Crippen LogP contribution in [-0.4, -0.2) is 42.3 Å². The number of ether oxygens (including phenoxy) is 1. The Kier molecular flexibility index (Phi) is 9.02. The zero-order valence-corrected chi connectivity index (χ0v) is 21.0. The van der Waals surface area contributed by atoms with E-state index in [1.165, 1.54) is 5.57 Å². The molecular weight excluding hydrogens is 412 g/mol. The number of aromatic hydroxyl groups is 1. The van der Waals surface area contributed by atoms with Crippen LogP contribution in [0.1, 0.15) is 82.8 Å². The molecule has 1 aliphatic carbocycles. The number of hydrogen-bond acceptors (Lipinski definition) is 4. The number of carbonyl (C=O) groups is 1. The van der Waals surface area contributed by atoms with Crippen molar-refractivity contribution in [2.45, 2.75) is 84.1 Å². The van der Waals surface area contributed by atoms with E-state index in [1.54, 1.807) is 0 Å². The largest absolute Gasteiger partial charge is 0.507 e. The van der Waals surface area contributed by atoms with E-state index in [1.807, 2.05) is 19.1 Å². The van der Waals surface area contributed by atoms with Crippen molar-refractivity contribution in [1.82, 2.24) is 10.2 Å². The molecule has 2 aliphatic rings. The smallest absolute Gasteiger partial charge is 0.412 e. The number of amides is 1. The number of carbonyl (C=O) groups excluding carboxylic acids is 1. The Morgan fingerprint density at radius 2 is 2.06 bits per heavy atom. The van der Waals surface area contributed by atoms with Gasteiger partial charge in [-0.05, 0) is 83.0 Å². The lowest BCUT2D eigenvalue weighted by Gasteiger charge is -2.32. The second-order valence-electron chi connectivity index (χ2n) is 10.1. The molecule has 33 heavy (non-hydrogen) atoms. The van der Waals surface area contributed by atoms with Crippen molar-refractivity contribution in [2.75, 3.05) is 20.1 Å². The van der Waals surface area contributed by atoms with Crippen LogP contribution in [0.2, 0.25) is 0 Å². The number of rotatable bonds is 11. The maximum atomic E-state index is 12.7. The molecule has 4 atom stereocenters. The molecule has 1 fully saturated rings. The molecule has 5 heteroatoms. The fraction of sp³-hybridized carbons (Fsp3) is 0.607. The van der Waals surface area contributed by atoms with Crippen molar-refractivity contribution in [3.8, 4) is 11.5 Å². The van der Waals surface area contributed by atoms with E-state index < -0.39 is 6.09 Å². The number of likely N-dealkylation sites (N-methyl/N-ethyl adjacent to an activating group) is 1. The van der Waals surface area contributed by atoms with E-state index in [0.29, 0.717) is 23.9 Å².